The monoisotopic (exact) mass is 270 g/mol. The number of unbranched alkanes of at least 4 members (excludes halogenated alkanes) is 3. The fourth-order valence-electron chi connectivity index (χ4n) is 2.33. The van der Waals surface area contributed by atoms with E-state index in [9.17, 15) is 4.79 Å². The van der Waals surface area contributed by atoms with Crippen LogP contribution >= 0.6 is 0 Å². The van der Waals surface area contributed by atoms with Crippen LogP contribution in [-0.2, 0) is 4.79 Å². The lowest BCUT2D eigenvalue weighted by atomic mass is 9.84. The Morgan fingerprint density at radius 2 is 1.84 bits per heavy atom. The van der Waals surface area contributed by atoms with E-state index >= 15 is 0 Å². The minimum Gasteiger partial charge on any atom is -0.353 e. The highest BCUT2D eigenvalue weighted by Crippen LogP contribution is 2.24. The first kappa shape index (κ1) is 18.4. The molecule has 0 radical (unpaired) electrons. The van der Waals surface area contributed by atoms with Crippen LogP contribution in [0.1, 0.15) is 73.1 Å². The lowest BCUT2D eigenvalue weighted by Gasteiger charge is -2.25. The average molecular weight is 270 g/mol. The highest BCUT2D eigenvalue weighted by molar-refractivity contribution is 5.79. The number of hydrogen-bond donors (Lipinski definition) is 2. The van der Waals surface area contributed by atoms with Crippen molar-refractivity contribution in [1.82, 2.24) is 5.32 Å². The SMILES string of the molecule is CCCCCCC(C)NC(=O)C(CN)CC(C)(C)C. The molecule has 19 heavy (non-hydrogen) atoms. The topological polar surface area (TPSA) is 55.1 Å². The van der Waals surface area contributed by atoms with Gasteiger partial charge in [-0.2, -0.15) is 0 Å². The molecule has 0 aliphatic rings. The zero-order chi connectivity index (χ0) is 14.9. The molecule has 0 aliphatic heterocycles. The summed E-state index contributed by atoms with van der Waals surface area (Å²) in [6.45, 7) is 11.2. The summed E-state index contributed by atoms with van der Waals surface area (Å²) in [5, 5.41) is 3.11. The zero-order valence-corrected chi connectivity index (χ0v) is 13.6. The number of carbonyl (C=O) groups is 1. The first-order valence-corrected chi connectivity index (χ1v) is 7.80. The van der Waals surface area contributed by atoms with Gasteiger partial charge in [-0.05, 0) is 25.2 Å². The van der Waals surface area contributed by atoms with Gasteiger partial charge in [0.2, 0.25) is 5.91 Å². The van der Waals surface area contributed by atoms with Crippen molar-refractivity contribution in [1.29, 1.82) is 0 Å². The Morgan fingerprint density at radius 3 is 2.32 bits per heavy atom. The van der Waals surface area contributed by atoms with Crippen molar-refractivity contribution >= 4 is 5.91 Å². The van der Waals surface area contributed by atoms with Gasteiger partial charge in [0.1, 0.15) is 0 Å². The molecule has 0 heterocycles. The molecule has 114 valence electrons. The largest absolute Gasteiger partial charge is 0.353 e. The minimum absolute atomic E-state index is 0.0573. The molecule has 0 aromatic rings. The molecule has 0 spiro atoms. The van der Waals surface area contributed by atoms with Gasteiger partial charge in [-0.1, -0.05) is 53.4 Å². The highest BCUT2D eigenvalue weighted by atomic mass is 16.1. The molecule has 0 fully saturated rings. The van der Waals surface area contributed by atoms with Crippen molar-refractivity contribution in [2.75, 3.05) is 6.54 Å². The van der Waals surface area contributed by atoms with Crippen LogP contribution < -0.4 is 11.1 Å². The molecule has 0 aliphatic carbocycles. The number of hydrogen-bond acceptors (Lipinski definition) is 2. The van der Waals surface area contributed by atoms with Gasteiger partial charge >= 0.3 is 0 Å². The van der Waals surface area contributed by atoms with Crippen LogP contribution in [0, 0.1) is 11.3 Å². The lowest BCUT2D eigenvalue weighted by Crippen LogP contribution is -2.41. The van der Waals surface area contributed by atoms with Crippen LogP contribution in [0.25, 0.3) is 0 Å². The van der Waals surface area contributed by atoms with E-state index in [0.29, 0.717) is 6.54 Å². The Balaban J connectivity index is 4.04. The van der Waals surface area contributed by atoms with E-state index in [1.54, 1.807) is 0 Å². The van der Waals surface area contributed by atoms with Crippen molar-refractivity contribution < 1.29 is 4.79 Å². The van der Waals surface area contributed by atoms with Crippen molar-refractivity contribution in [3.8, 4) is 0 Å². The second-order valence-corrected chi connectivity index (χ2v) is 6.96. The van der Waals surface area contributed by atoms with E-state index in [1.807, 2.05) is 0 Å². The minimum atomic E-state index is -0.0573. The second kappa shape index (κ2) is 9.35. The molecule has 3 heteroatoms. The predicted molar refractivity (Wildman–Crippen MR) is 83.0 cm³/mol. The Bertz CT molecular complexity index is 246. The van der Waals surface area contributed by atoms with Crippen LogP contribution in [0.4, 0.5) is 0 Å². The van der Waals surface area contributed by atoms with Gasteiger partial charge < -0.3 is 11.1 Å². The van der Waals surface area contributed by atoms with Crippen LogP contribution in [-0.4, -0.2) is 18.5 Å². The number of amides is 1. The van der Waals surface area contributed by atoms with Gasteiger partial charge in [-0.3, -0.25) is 4.79 Å². The lowest BCUT2D eigenvalue weighted by molar-refractivity contribution is -0.126. The first-order valence-electron chi connectivity index (χ1n) is 7.80. The zero-order valence-electron chi connectivity index (χ0n) is 13.6. The van der Waals surface area contributed by atoms with Crippen LogP contribution in [0.5, 0.6) is 0 Å². The molecule has 2 atom stereocenters. The summed E-state index contributed by atoms with van der Waals surface area (Å²) in [4.78, 5) is 12.2. The fourth-order valence-corrected chi connectivity index (χ4v) is 2.33. The van der Waals surface area contributed by atoms with Crippen molar-refractivity contribution in [2.24, 2.45) is 17.1 Å². The van der Waals surface area contributed by atoms with Crippen LogP contribution in [0.15, 0.2) is 0 Å². The van der Waals surface area contributed by atoms with Gasteiger partial charge in [0.15, 0.2) is 0 Å². The molecule has 3 nitrogen and oxygen atoms in total. The molecule has 1 amide bonds. The Kier molecular flexibility index (Phi) is 9.07. The molecule has 0 rings (SSSR count). The third-order valence-electron chi connectivity index (χ3n) is 3.39. The van der Waals surface area contributed by atoms with Gasteiger partial charge in [0, 0.05) is 12.6 Å². The van der Waals surface area contributed by atoms with E-state index in [2.05, 4.69) is 39.9 Å². The molecule has 2 unspecified atom stereocenters. The quantitative estimate of drug-likeness (QED) is 0.630. The van der Waals surface area contributed by atoms with Crippen molar-refractivity contribution in [3.63, 3.8) is 0 Å². The molecule has 0 saturated heterocycles. The summed E-state index contributed by atoms with van der Waals surface area (Å²) < 4.78 is 0. The van der Waals surface area contributed by atoms with Crippen molar-refractivity contribution in [3.05, 3.63) is 0 Å². The fraction of sp³-hybridized carbons (Fsp3) is 0.938. The summed E-state index contributed by atoms with van der Waals surface area (Å²) in [7, 11) is 0. The normalized spacial score (nSPS) is 15.1. The summed E-state index contributed by atoms with van der Waals surface area (Å²) >= 11 is 0. The maximum Gasteiger partial charge on any atom is 0.224 e. The maximum atomic E-state index is 12.2. The van der Waals surface area contributed by atoms with Gasteiger partial charge in [0.05, 0.1) is 5.92 Å². The molecule has 0 aromatic carbocycles. The van der Waals surface area contributed by atoms with Gasteiger partial charge in [-0.15, -0.1) is 0 Å². The standard InChI is InChI=1S/C16H34N2O/c1-6-7-8-9-10-13(2)18-15(19)14(12-17)11-16(3,4)5/h13-14H,6-12,17H2,1-5H3,(H,18,19). The van der Waals surface area contributed by atoms with E-state index in [-0.39, 0.29) is 23.3 Å². The van der Waals surface area contributed by atoms with Crippen LogP contribution in [0.2, 0.25) is 0 Å². The molecular formula is C16H34N2O. The van der Waals surface area contributed by atoms with E-state index in [1.165, 1.54) is 25.7 Å². The predicted octanol–water partition coefficient (Wildman–Crippen LogP) is 3.47. The summed E-state index contributed by atoms with van der Waals surface area (Å²) in [5.74, 6) is 0.0681. The summed E-state index contributed by atoms with van der Waals surface area (Å²) in [6.07, 6.45) is 6.91. The Labute approximate surface area is 119 Å². The molecule has 0 saturated carbocycles. The number of nitrogens with one attached hydrogen (secondary N) is 1. The van der Waals surface area contributed by atoms with Gasteiger partial charge in [-0.25, -0.2) is 0 Å². The molecule has 0 aromatic heterocycles. The Hall–Kier alpha value is -0.570. The van der Waals surface area contributed by atoms with E-state index in [0.717, 1.165) is 12.8 Å². The number of nitrogens with two attached hydrogens (primary N) is 1. The third kappa shape index (κ3) is 9.94. The molecule has 3 N–H and O–H groups in total. The first-order chi connectivity index (χ1) is 8.80. The van der Waals surface area contributed by atoms with E-state index in [4.69, 9.17) is 5.73 Å². The molecule has 0 bridgehead atoms. The summed E-state index contributed by atoms with van der Waals surface area (Å²) in [5.41, 5.74) is 5.88. The van der Waals surface area contributed by atoms with E-state index < -0.39 is 0 Å². The van der Waals surface area contributed by atoms with Crippen LogP contribution in [0.3, 0.4) is 0 Å². The molecular weight excluding hydrogens is 236 g/mol. The maximum absolute atomic E-state index is 12.2. The Morgan fingerprint density at radius 1 is 1.21 bits per heavy atom. The van der Waals surface area contributed by atoms with Gasteiger partial charge in [0.25, 0.3) is 0 Å². The summed E-state index contributed by atoms with van der Waals surface area (Å²) in [6, 6.07) is 0.262. The number of carbonyl (C=O) groups excluding carboxylic acids is 1. The van der Waals surface area contributed by atoms with Crippen molar-refractivity contribution in [2.45, 2.75) is 79.2 Å². The average Bonchev–Trinajstić information content (AvgIpc) is 2.30. The second-order valence-electron chi connectivity index (χ2n) is 6.96. The highest BCUT2D eigenvalue weighted by Gasteiger charge is 2.24. The third-order valence-corrected chi connectivity index (χ3v) is 3.39. The number of rotatable bonds is 9. The smallest absolute Gasteiger partial charge is 0.224 e.